The molecule has 0 radical (unpaired) electrons. The van der Waals surface area contributed by atoms with Crippen molar-refractivity contribution in [3.8, 4) is 0 Å². The van der Waals surface area contributed by atoms with Crippen LogP contribution in [0.4, 0.5) is 5.69 Å². The Morgan fingerprint density at radius 2 is 1.86 bits per heavy atom. The van der Waals surface area contributed by atoms with E-state index in [4.69, 9.17) is 4.98 Å². The van der Waals surface area contributed by atoms with Crippen LogP contribution in [0.2, 0.25) is 0 Å². The Morgan fingerprint density at radius 1 is 1.07 bits per heavy atom. The lowest BCUT2D eigenvalue weighted by Crippen LogP contribution is -2.28. The maximum atomic E-state index is 11.5. The highest BCUT2D eigenvalue weighted by Gasteiger charge is 2.32. The molecule has 2 aromatic carbocycles. The topological polar surface area (TPSA) is 59.3 Å². The molecule has 0 bridgehead atoms. The van der Waals surface area contributed by atoms with Crippen LogP contribution in [0.25, 0.3) is 16.5 Å². The van der Waals surface area contributed by atoms with Gasteiger partial charge >= 0.3 is 0 Å². The molecule has 0 saturated heterocycles. The molecule has 3 aromatic rings. The number of pyridine rings is 1. The maximum absolute atomic E-state index is 11.5. The Morgan fingerprint density at radius 3 is 2.68 bits per heavy atom. The van der Waals surface area contributed by atoms with E-state index >= 15 is 0 Å². The first kappa shape index (κ1) is 18.2. The first-order chi connectivity index (χ1) is 13.7. The largest absolute Gasteiger partial charge is 0.347 e. The molecule has 1 aliphatic rings. The van der Waals surface area contributed by atoms with Crippen LogP contribution in [-0.4, -0.2) is 23.0 Å². The lowest BCUT2D eigenvalue weighted by atomic mass is 9.85. The zero-order chi connectivity index (χ0) is 19.5. The highest BCUT2D eigenvalue weighted by molar-refractivity contribution is 5.84. The van der Waals surface area contributed by atoms with E-state index < -0.39 is 0 Å². The Kier molecular flexibility index (Phi) is 5.06. The molecule has 1 aliphatic heterocycles. The van der Waals surface area contributed by atoms with Crippen LogP contribution in [0.15, 0.2) is 66.9 Å². The van der Waals surface area contributed by atoms with Crippen molar-refractivity contribution >= 4 is 22.2 Å². The van der Waals surface area contributed by atoms with Crippen LogP contribution in [0, 0.1) is 10.1 Å². The van der Waals surface area contributed by atoms with E-state index in [0.29, 0.717) is 0 Å². The maximum Gasteiger partial charge on any atom is 0.214 e. The summed E-state index contributed by atoms with van der Waals surface area (Å²) >= 11 is 0. The minimum atomic E-state index is -0.308. The number of hydrogen-bond acceptors (Lipinski definition) is 4. The van der Waals surface area contributed by atoms with Crippen LogP contribution in [-0.2, 0) is 0 Å². The zero-order valence-electron chi connectivity index (χ0n) is 15.9. The second-order valence-corrected chi connectivity index (χ2v) is 7.15. The van der Waals surface area contributed by atoms with Gasteiger partial charge in [-0.25, -0.2) is 4.98 Å². The van der Waals surface area contributed by atoms with Gasteiger partial charge in [-0.1, -0.05) is 55.8 Å². The Labute approximate surface area is 164 Å². The van der Waals surface area contributed by atoms with Crippen molar-refractivity contribution in [2.45, 2.75) is 25.7 Å². The average Bonchev–Trinajstić information content (AvgIpc) is 2.72. The molecule has 142 valence electrons. The number of unbranched alkanes of at least 4 members (excludes halogenated alkanes) is 1. The molecular formula is C23H23N3O2. The van der Waals surface area contributed by atoms with E-state index in [2.05, 4.69) is 24.1 Å². The third-order valence-corrected chi connectivity index (χ3v) is 5.27. The van der Waals surface area contributed by atoms with Gasteiger partial charge in [0, 0.05) is 34.3 Å². The molecule has 0 N–H and O–H groups in total. The molecule has 1 aromatic heterocycles. The number of nitro groups is 1. The summed E-state index contributed by atoms with van der Waals surface area (Å²) in [7, 11) is 0. The molecule has 5 heteroatoms. The summed E-state index contributed by atoms with van der Waals surface area (Å²) in [5, 5.41) is 12.5. The van der Waals surface area contributed by atoms with Gasteiger partial charge in [-0.05, 0) is 30.2 Å². The Bertz CT molecular complexity index is 1040. The summed E-state index contributed by atoms with van der Waals surface area (Å²) in [6.45, 7) is 2.91. The fourth-order valence-electron chi connectivity index (χ4n) is 3.87. The number of hydrogen-bond donors (Lipinski definition) is 0. The van der Waals surface area contributed by atoms with Gasteiger partial charge in [0.05, 0.1) is 17.1 Å². The van der Waals surface area contributed by atoms with Gasteiger partial charge in [0.25, 0.3) is 0 Å². The monoisotopic (exact) mass is 373 g/mol. The quantitative estimate of drug-likeness (QED) is 0.437. The minimum Gasteiger partial charge on any atom is -0.347 e. The second kappa shape index (κ2) is 7.80. The van der Waals surface area contributed by atoms with Crippen molar-refractivity contribution in [2.75, 3.05) is 18.0 Å². The van der Waals surface area contributed by atoms with Crippen molar-refractivity contribution in [1.29, 1.82) is 0 Å². The standard InChI is InChI=1S/C23H23N3O2/c1-2-3-14-25-15-20(22-13-12-17-8-4-6-10-21(17)24-22)19(16-26(27)28)18-9-5-7-11-23(18)25/h4-13,15,19H,2-3,14,16H2,1H3. The number of benzene rings is 2. The molecule has 2 heterocycles. The molecule has 0 fully saturated rings. The van der Waals surface area contributed by atoms with Crippen LogP contribution in [0.1, 0.15) is 36.9 Å². The average molecular weight is 373 g/mol. The molecule has 0 amide bonds. The van der Waals surface area contributed by atoms with Crippen LogP contribution < -0.4 is 4.90 Å². The Balaban J connectivity index is 1.85. The van der Waals surface area contributed by atoms with Crippen molar-refractivity contribution in [2.24, 2.45) is 0 Å². The van der Waals surface area contributed by atoms with Crippen molar-refractivity contribution in [3.05, 3.63) is 88.2 Å². The molecule has 0 saturated carbocycles. The molecule has 1 unspecified atom stereocenters. The predicted octanol–water partition coefficient (Wildman–Crippen LogP) is 5.26. The number of anilines is 1. The molecule has 28 heavy (non-hydrogen) atoms. The molecule has 0 spiro atoms. The third kappa shape index (κ3) is 3.48. The van der Waals surface area contributed by atoms with Crippen molar-refractivity contribution in [1.82, 2.24) is 4.98 Å². The molecular weight excluding hydrogens is 350 g/mol. The number of aromatic nitrogens is 1. The van der Waals surface area contributed by atoms with Crippen molar-refractivity contribution in [3.63, 3.8) is 0 Å². The smallest absolute Gasteiger partial charge is 0.214 e. The summed E-state index contributed by atoms with van der Waals surface area (Å²) in [6, 6.07) is 20.0. The van der Waals surface area contributed by atoms with Gasteiger partial charge in [-0.2, -0.15) is 0 Å². The van der Waals surface area contributed by atoms with Gasteiger partial charge in [0.15, 0.2) is 0 Å². The van der Waals surface area contributed by atoms with Gasteiger partial charge in [-0.3, -0.25) is 10.1 Å². The molecule has 5 nitrogen and oxygen atoms in total. The number of para-hydroxylation sites is 2. The van der Waals surface area contributed by atoms with Crippen LogP contribution >= 0.6 is 0 Å². The van der Waals surface area contributed by atoms with Crippen LogP contribution in [0.3, 0.4) is 0 Å². The van der Waals surface area contributed by atoms with E-state index in [-0.39, 0.29) is 17.4 Å². The van der Waals surface area contributed by atoms with E-state index in [9.17, 15) is 10.1 Å². The summed E-state index contributed by atoms with van der Waals surface area (Å²) in [6.07, 6.45) is 4.22. The number of fused-ring (bicyclic) bond motifs is 2. The van der Waals surface area contributed by atoms with Gasteiger partial charge in [-0.15, -0.1) is 0 Å². The summed E-state index contributed by atoms with van der Waals surface area (Å²) in [4.78, 5) is 18.3. The predicted molar refractivity (Wildman–Crippen MR) is 113 cm³/mol. The second-order valence-electron chi connectivity index (χ2n) is 7.15. The number of rotatable bonds is 6. The normalized spacial score (nSPS) is 16.0. The van der Waals surface area contributed by atoms with Gasteiger partial charge in [0.2, 0.25) is 6.54 Å². The van der Waals surface area contributed by atoms with Crippen LogP contribution in [0.5, 0.6) is 0 Å². The van der Waals surface area contributed by atoms with E-state index in [1.165, 1.54) is 0 Å². The lowest BCUT2D eigenvalue weighted by Gasteiger charge is -2.33. The molecule has 4 rings (SSSR count). The van der Waals surface area contributed by atoms with E-state index in [1.807, 2.05) is 54.6 Å². The molecule has 0 aliphatic carbocycles. The fourth-order valence-corrected chi connectivity index (χ4v) is 3.87. The first-order valence-electron chi connectivity index (χ1n) is 9.72. The summed E-state index contributed by atoms with van der Waals surface area (Å²) in [5.41, 5.74) is 4.69. The van der Waals surface area contributed by atoms with E-state index in [1.54, 1.807) is 0 Å². The highest BCUT2D eigenvalue weighted by atomic mass is 16.6. The summed E-state index contributed by atoms with van der Waals surface area (Å²) in [5.74, 6) is -0.308. The Hall–Kier alpha value is -3.21. The van der Waals surface area contributed by atoms with Gasteiger partial charge < -0.3 is 4.90 Å². The zero-order valence-corrected chi connectivity index (χ0v) is 15.9. The van der Waals surface area contributed by atoms with Gasteiger partial charge in [0.1, 0.15) is 0 Å². The minimum absolute atomic E-state index is 0.140. The first-order valence-corrected chi connectivity index (χ1v) is 9.72. The highest BCUT2D eigenvalue weighted by Crippen LogP contribution is 2.42. The SMILES string of the molecule is CCCCN1C=C(c2ccc3ccccc3n2)C(C[N+](=O)[O-])c2ccccc21. The lowest BCUT2D eigenvalue weighted by molar-refractivity contribution is -0.481. The third-order valence-electron chi connectivity index (χ3n) is 5.27. The fraction of sp³-hybridized carbons (Fsp3) is 0.261. The van der Waals surface area contributed by atoms with Crippen molar-refractivity contribution < 1.29 is 4.92 Å². The van der Waals surface area contributed by atoms with E-state index in [0.717, 1.165) is 52.8 Å². The summed E-state index contributed by atoms with van der Waals surface area (Å²) < 4.78 is 0. The number of nitrogens with zero attached hydrogens (tertiary/aromatic N) is 3. The molecule has 1 atom stereocenters.